The van der Waals surface area contributed by atoms with Crippen molar-refractivity contribution in [1.29, 1.82) is 0 Å². The van der Waals surface area contributed by atoms with E-state index < -0.39 is 16.6 Å². The van der Waals surface area contributed by atoms with Gasteiger partial charge in [0.1, 0.15) is 0 Å². The third kappa shape index (κ3) is 7.38. The van der Waals surface area contributed by atoms with Crippen LogP contribution in [0.25, 0.3) is 0 Å². The summed E-state index contributed by atoms with van der Waals surface area (Å²) >= 11 is 2.43. The molecule has 2 rings (SSSR count). The molecule has 0 N–H and O–H groups in total. The number of halogens is 1. The number of alkyl halides is 1. The van der Waals surface area contributed by atoms with E-state index in [4.69, 9.17) is 13.6 Å². The fourth-order valence-corrected chi connectivity index (χ4v) is 6.91. The Morgan fingerprint density at radius 2 is 1.61 bits per heavy atom. The van der Waals surface area contributed by atoms with Crippen LogP contribution >= 0.6 is 22.6 Å². The third-order valence-corrected chi connectivity index (χ3v) is 17.9. The number of unbranched alkanes of at least 4 members (excludes halogenated alkanes) is 1. The van der Waals surface area contributed by atoms with Crippen molar-refractivity contribution < 1.29 is 13.6 Å². The first-order valence-electron chi connectivity index (χ1n) is 12.3. The molecule has 1 saturated carbocycles. The molecular formula is C25H49IO3Si2. The van der Waals surface area contributed by atoms with Crippen molar-refractivity contribution in [2.45, 2.75) is 122 Å². The first-order valence-corrected chi connectivity index (χ1v) is 19.6. The first-order chi connectivity index (χ1) is 14.1. The first kappa shape index (κ1) is 28.0. The van der Waals surface area contributed by atoms with E-state index in [1.54, 1.807) is 0 Å². The van der Waals surface area contributed by atoms with E-state index in [-0.39, 0.29) is 10.1 Å². The summed E-state index contributed by atoms with van der Waals surface area (Å²) < 4.78 is 20.5. The van der Waals surface area contributed by atoms with Crippen LogP contribution in [0, 0.1) is 11.8 Å². The van der Waals surface area contributed by atoms with Gasteiger partial charge < -0.3 is 13.6 Å². The molecule has 0 radical (unpaired) electrons. The number of ether oxygens (including phenoxy) is 1. The Hall–Kier alpha value is 0.784. The minimum Gasteiger partial charge on any atom is -0.417 e. The van der Waals surface area contributed by atoms with Crippen molar-refractivity contribution in [1.82, 2.24) is 0 Å². The Kier molecular flexibility index (Phi) is 9.57. The Labute approximate surface area is 208 Å². The minimum atomic E-state index is -1.82. The molecule has 0 aromatic heterocycles. The van der Waals surface area contributed by atoms with Gasteiger partial charge in [0.15, 0.2) is 16.6 Å². The van der Waals surface area contributed by atoms with Crippen LogP contribution in [-0.2, 0) is 13.6 Å². The molecule has 5 atom stereocenters. The molecule has 1 aliphatic heterocycles. The van der Waals surface area contributed by atoms with Crippen molar-refractivity contribution in [2.75, 3.05) is 11.0 Å². The number of rotatable bonds is 11. The van der Waals surface area contributed by atoms with E-state index in [2.05, 4.69) is 102 Å². The molecule has 0 unspecified atom stereocenters. The average Bonchev–Trinajstić information content (AvgIpc) is 3.29. The highest BCUT2D eigenvalue weighted by Gasteiger charge is 2.57. The average molecular weight is 581 g/mol. The molecule has 31 heavy (non-hydrogen) atoms. The summed E-state index contributed by atoms with van der Waals surface area (Å²) in [6, 6.07) is 0. The van der Waals surface area contributed by atoms with Crippen molar-refractivity contribution in [3.8, 4) is 0 Å². The lowest BCUT2D eigenvalue weighted by molar-refractivity contribution is 0.0647. The van der Waals surface area contributed by atoms with Crippen LogP contribution in [-0.4, -0.2) is 46.0 Å². The molecule has 0 bridgehead atoms. The van der Waals surface area contributed by atoms with Crippen molar-refractivity contribution in [3.63, 3.8) is 0 Å². The van der Waals surface area contributed by atoms with Gasteiger partial charge in [0.25, 0.3) is 0 Å². The Balaban J connectivity index is 2.01. The van der Waals surface area contributed by atoms with Crippen molar-refractivity contribution in [2.24, 2.45) is 11.8 Å². The Bertz CT molecular complexity index is 607. The number of hydrogen-bond donors (Lipinski definition) is 0. The number of hydrogen-bond acceptors (Lipinski definition) is 3. The summed E-state index contributed by atoms with van der Waals surface area (Å²) in [5, 5.41) is 0.520. The van der Waals surface area contributed by atoms with Crippen LogP contribution < -0.4 is 0 Å². The molecular weight excluding hydrogens is 531 g/mol. The molecule has 0 spiro atoms. The predicted molar refractivity (Wildman–Crippen MR) is 147 cm³/mol. The normalized spacial score (nSPS) is 28.2. The maximum absolute atomic E-state index is 7.08. The van der Waals surface area contributed by atoms with Gasteiger partial charge in [0.05, 0.1) is 12.2 Å². The van der Waals surface area contributed by atoms with Crippen LogP contribution in [0.1, 0.15) is 67.2 Å². The topological polar surface area (TPSA) is 31.0 Å². The molecule has 0 aromatic rings. The fraction of sp³-hybridized carbons (Fsp3) is 0.920. The number of epoxide rings is 1. The van der Waals surface area contributed by atoms with Crippen molar-refractivity contribution >= 4 is 39.2 Å². The van der Waals surface area contributed by atoms with Gasteiger partial charge in [-0.25, -0.2) is 0 Å². The fourth-order valence-electron chi connectivity index (χ4n) is 4.12. The zero-order chi connectivity index (χ0) is 23.7. The SMILES string of the molecule is CC(C)(C)[Si](C)(C)OCCCC[C@H](O[Si](C)(C)C(C)(C)C)[C@H]1C[C@@H]2O[C@@H]2[C@@H]1/C=C/CI. The monoisotopic (exact) mass is 580 g/mol. The van der Waals surface area contributed by atoms with Gasteiger partial charge in [-0.3, -0.25) is 0 Å². The van der Waals surface area contributed by atoms with Gasteiger partial charge in [-0.05, 0) is 67.9 Å². The van der Waals surface area contributed by atoms with Gasteiger partial charge in [-0.2, -0.15) is 0 Å². The third-order valence-electron chi connectivity index (χ3n) is 8.33. The second-order valence-corrected chi connectivity index (χ2v) is 23.2. The highest BCUT2D eigenvalue weighted by molar-refractivity contribution is 14.1. The zero-order valence-corrected chi connectivity index (χ0v) is 26.0. The summed E-state index contributed by atoms with van der Waals surface area (Å²) in [6.45, 7) is 24.4. The predicted octanol–water partition coefficient (Wildman–Crippen LogP) is 7.96. The molecule has 182 valence electrons. The van der Waals surface area contributed by atoms with Crippen molar-refractivity contribution in [3.05, 3.63) is 12.2 Å². The molecule has 1 heterocycles. The zero-order valence-electron chi connectivity index (χ0n) is 21.9. The highest BCUT2D eigenvalue weighted by atomic mass is 127. The molecule has 1 aliphatic carbocycles. The van der Waals surface area contributed by atoms with Crippen LogP contribution in [0.5, 0.6) is 0 Å². The minimum absolute atomic E-state index is 0.238. The van der Waals surface area contributed by atoms with Crippen LogP contribution in [0.3, 0.4) is 0 Å². The summed E-state index contributed by atoms with van der Waals surface area (Å²) in [7, 11) is -3.47. The summed E-state index contributed by atoms with van der Waals surface area (Å²) in [4.78, 5) is 0. The molecule has 6 heteroatoms. The second kappa shape index (κ2) is 10.6. The van der Waals surface area contributed by atoms with E-state index >= 15 is 0 Å². The van der Waals surface area contributed by atoms with Gasteiger partial charge in [-0.1, -0.05) is 76.3 Å². The lowest BCUT2D eigenvalue weighted by atomic mass is 9.87. The second-order valence-electron chi connectivity index (χ2n) is 12.7. The van der Waals surface area contributed by atoms with Gasteiger partial charge in [0, 0.05) is 23.1 Å². The number of allylic oxidation sites excluding steroid dienone is 1. The Morgan fingerprint density at radius 1 is 1.00 bits per heavy atom. The molecule has 0 aromatic carbocycles. The van der Waals surface area contributed by atoms with E-state index in [1.807, 2.05) is 0 Å². The van der Waals surface area contributed by atoms with E-state index in [0.717, 1.165) is 23.9 Å². The largest absolute Gasteiger partial charge is 0.417 e. The van der Waals surface area contributed by atoms with E-state index in [0.29, 0.717) is 30.1 Å². The molecule has 1 saturated heterocycles. The summed E-state index contributed by atoms with van der Waals surface area (Å²) in [6.07, 6.45) is 10.6. The van der Waals surface area contributed by atoms with Gasteiger partial charge in [-0.15, -0.1) is 0 Å². The summed E-state index contributed by atoms with van der Waals surface area (Å²) in [5.74, 6) is 1.12. The Morgan fingerprint density at radius 3 is 2.16 bits per heavy atom. The quantitative estimate of drug-likeness (QED) is 0.0620. The lowest BCUT2D eigenvalue weighted by Crippen LogP contribution is -2.46. The molecule has 0 amide bonds. The van der Waals surface area contributed by atoms with E-state index in [1.165, 1.54) is 12.8 Å². The standard InChI is InChI=1S/C25H49IO3Si2/c1-24(2,3)30(7,8)27-17-12-11-15-21(29-31(9,10)25(4,5)6)20-18-22-23(28-22)19(20)14-13-16-26/h13-14,19-23H,11-12,15-18H2,1-10H3/b14-13+/t19-,20+,21+,22+,23-/m1/s1. The summed E-state index contributed by atoms with van der Waals surface area (Å²) in [5.41, 5.74) is 0. The van der Waals surface area contributed by atoms with Crippen LogP contribution in [0.15, 0.2) is 12.2 Å². The van der Waals surface area contributed by atoms with Crippen LogP contribution in [0.2, 0.25) is 36.3 Å². The maximum atomic E-state index is 7.08. The number of fused-ring (bicyclic) bond motifs is 1. The maximum Gasteiger partial charge on any atom is 0.192 e. The highest BCUT2D eigenvalue weighted by Crippen LogP contribution is 2.51. The molecule has 2 aliphatic rings. The van der Waals surface area contributed by atoms with Crippen LogP contribution in [0.4, 0.5) is 0 Å². The smallest absolute Gasteiger partial charge is 0.192 e. The van der Waals surface area contributed by atoms with Gasteiger partial charge >= 0.3 is 0 Å². The van der Waals surface area contributed by atoms with E-state index in [9.17, 15) is 0 Å². The van der Waals surface area contributed by atoms with Gasteiger partial charge in [0.2, 0.25) is 0 Å². The lowest BCUT2D eigenvalue weighted by Gasteiger charge is -2.42. The molecule has 2 fully saturated rings. The molecule has 3 nitrogen and oxygen atoms in total.